The fourth-order valence-electron chi connectivity index (χ4n) is 1.24. The Kier molecular flexibility index (Phi) is 5.84. The lowest BCUT2D eigenvalue weighted by Gasteiger charge is -2.15. The van der Waals surface area contributed by atoms with E-state index in [1.165, 1.54) is 0 Å². The summed E-state index contributed by atoms with van der Waals surface area (Å²) in [5.74, 6) is 2.01. The number of nitrogens with one attached hydrogen (secondary N) is 2. The first kappa shape index (κ1) is 14.4. The van der Waals surface area contributed by atoms with Crippen molar-refractivity contribution in [2.75, 3.05) is 29.7 Å². The molecule has 0 bridgehead atoms. The molecule has 0 saturated heterocycles. The van der Waals surface area contributed by atoms with E-state index in [1.54, 1.807) is 19.5 Å². The molecule has 2 N–H and O–H groups in total. The van der Waals surface area contributed by atoms with E-state index in [9.17, 15) is 4.21 Å². The van der Waals surface area contributed by atoms with Crippen LogP contribution in [0.1, 0.15) is 13.3 Å². The molecule has 0 spiro atoms. The maximum Gasteiger partial charge on any atom is 0.224 e. The molecular formula is C10H17BrN4OS. The van der Waals surface area contributed by atoms with Crippen LogP contribution in [-0.4, -0.2) is 39.3 Å². The van der Waals surface area contributed by atoms with Gasteiger partial charge in [0.05, 0.1) is 4.47 Å². The Morgan fingerprint density at radius 3 is 2.88 bits per heavy atom. The van der Waals surface area contributed by atoms with Gasteiger partial charge in [0, 0.05) is 42.1 Å². The van der Waals surface area contributed by atoms with Crippen molar-refractivity contribution in [1.82, 2.24) is 9.97 Å². The molecule has 96 valence electrons. The number of hydrogen-bond donors (Lipinski definition) is 2. The Morgan fingerprint density at radius 2 is 2.29 bits per heavy atom. The summed E-state index contributed by atoms with van der Waals surface area (Å²) in [7, 11) is 1.02. The van der Waals surface area contributed by atoms with Gasteiger partial charge in [-0.3, -0.25) is 4.21 Å². The van der Waals surface area contributed by atoms with Gasteiger partial charge in [-0.15, -0.1) is 0 Å². The number of anilines is 2. The molecule has 2 atom stereocenters. The van der Waals surface area contributed by atoms with E-state index in [4.69, 9.17) is 0 Å². The van der Waals surface area contributed by atoms with Gasteiger partial charge in [-0.25, -0.2) is 4.98 Å². The van der Waals surface area contributed by atoms with E-state index in [-0.39, 0.29) is 6.04 Å². The van der Waals surface area contributed by atoms with E-state index in [1.807, 2.05) is 6.92 Å². The molecule has 1 heterocycles. The fourth-order valence-corrected chi connectivity index (χ4v) is 2.23. The standard InChI is InChI=1S/C10H17BrN4OS/c1-7(4-5-17(3)16)14-9-8(11)6-13-10(12-2)15-9/h6-7H,4-5H2,1-3H3,(H2,12,13,14,15). The molecular weight excluding hydrogens is 304 g/mol. The van der Waals surface area contributed by atoms with Gasteiger partial charge < -0.3 is 10.6 Å². The maximum atomic E-state index is 11.0. The first-order chi connectivity index (χ1) is 8.02. The average Bonchev–Trinajstić information content (AvgIpc) is 2.29. The van der Waals surface area contributed by atoms with Crippen LogP contribution in [0.15, 0.2) is 10.7 Å². The second kappa shape index (κ2) is 6.90. The minimum Gasteiger partial charge on any atom is -0.366 e. The summed E-state index contributed by atoms with van der Waals surface area (Å²) < 4.78 is 11.8. The Balaban J connectivity index is 2.63. The summed E-state index contributed by atoms with van der Waals surface area (Å²) in [5, 5.41) is 6.15. The van der Waals surface area contributed by atoms with Gasteiger partial charge in [-0.1, -0.05) is 0 Å². The lowest BCUT2D eigenvalue weighted by atomic mass is 10.2. The second-order valence-electron chi connectivity index (χ2n) is 3.75. The molecule has 0 fully saturated rings. The summed E-state index contributed by atoms with van der Waals surface area (Å²) in [5.41, 5.74) is 0. The summed E-state index contributed by atoms with van der Waals surface area (Å²) in [6.45, 7) is 2.04. The van der Waals surface area contributed by atoms with E-state index in [0.717, 1.165) is 16.7 Å². The molecule has 0 radical (unpaired) electrons. The van der Waals surface area contributed by atoms with Gasteiger partial charge in [0.15, 0.2) is 0 Å². The highest BCUT2D eigenvalue weighted by Crippen LogP contribution is 2.21. The minimum atomic E-state index is -0.752. The van der Waals surface area contributed by atoms with Crippen molar-refractivity contribution in [3.05, 3.63) is 10.7 Å². The number of halogens is 1. The zero-order chi connectivity index (χ0) is 12.8. The summed E-state index contributed by atoms with van der Waals surface area (Å²) in [6.07, 6.45) is 4.26. The van der Waals surface area contributed by atoms with E-state index in [0.29, 0.717) is 11.7 Å². The van der Waals surface area contributed by atoms with Gasteiger partial charge in [-0.05, 0) is 29.3 Å². The minimum absolute atomic E-state index is 0.217. The smallest absolute Gasteiger partial charge is 0.224 e. The first-order valence-electron chi connectivity index (χ1n) is 5.29. The van der Waals surface area contributed by atoms with Gasteiger partial charge in [0.2, 0.25) is 5.95 Å². The van der Waals surface area contributed by atoms with Crippen LogP contribution < -0.4 is 10.6 Å². The molecule has 0 saturated carbocycles. The van der Waals surface area contributed by atoms with Gasteiger partial charge >= 0.3 is 0 Å². The Morgan fingerprint density at radius 1 is 1.59 bits per heavy atom. The topological polar surface area (TPSA) is 66.9 Å². The van der Waals surface area contributed by atoms with Crippen LogP contribution in [0.25, 0.3) is 0 Å². The number of rotatable bonds is 6. The zero-order valence-corrected chi connectivity index (χ0v) is 12.6. The van der Waals surface area contributed by atoms with Crippen molar-refractivity contribution < 1.29 is 4.21 Å². The molecule has 2 unspecified atom stereocenters. The molecule has 0 aliphatic heterocycles. The highest BCUT2D eigenvalue weighted by molar-refractivity contribution is 9.10. The highest BCUT2D eigenvalue weighted by atomic mass is 79.9. The molecule has 0 aliphatic rings. The van der Waals surface area contributed by atoms with Crippen LogP contribution >= 0.6 is 15.9 Å². The third-order valence-electron chi connectivity index (χ3n) is 2.19. The van der Waals surface area contributed by atoms with E-state index >= 15 is 0 Å². The monoisotopic (exact) mass is 320 g/mol. The van der Waals surface area contributed by atoms with Crippen LogP contribution in [0, 0.1) is 0 Å². The van der Waals surface area contributed by atoms with Crippen molar-refractivity contribution >= 4 is 38.5 Å². The number of hydrogen-bond acceptors (Lipinski definition) is 5. The van der Waals surface area contributed by atoms with Crippen molar-refractivity contribution in [3.63, 3.8) is 0 Å². The molecule has 17 heavy (non-hydrogen) atoms. The van der Waals surface area contributed by atoms with Crippen LogP contribution in [0.5, 0.6) is 0 Å². The Labute approximate surface area is 112 Å². The van der Waals surface area contributed by atoms with Crippen LogP contribution in [0.4, 0.5) is 11.8 Å². The van der Waals surface area contributed by atoms with E-state index in [2.05, 4.69) is 36.5 Å². The molecule has 1 aromatic heterocycles. The molecule has 0 amide bonds. The number of aromatic nitrogens is 2. The highest BCUT2D eigenvalue weighted by Gasteiger charge is 2.08. The lowest BCUT2D eigenvalue weighted by Crippen LogP contribution is -2.19. The van der Waals surface area contributed by atoms with Gasteiger partial charge in [-0.2, -0.15) is 4.98 Å². The first-order valence-corrected chi connectivity index (χ1v) is 7.81. The quantitative estimate of drug-likeness (QED) is 0.837. The fraction of sp³-hybridized carbons (Fsp3) is 0.600. The van der Waals surface area contributed by atoms with Crippen LogP contribution in [0.2, 0.25) is 0 Å². The number of nitrogens with zero attached hydrogens (tertiary/aromatic N) is 2. The Hall–Kier alpha value is -0.690. The SMILES string of the molecule is CNc1ncc(Br)c(NC(C)CCS(C)=O)n1. The molecule has 1 rings (SSSR count). The normalized spacial score (nSPS) is 14.1. The molecule has 0 aliphatic carbocycles. The zero-order valence-electron chi connectivity index (χ0n) is 10.2. The summed E-state index contributed by atoms with van der Waals surface area (Å²) in [4.78, 5) is 8.38. The van der Waals surface area contributed by atoms with Crippen molar-refractivity contribution in [3.8, 4) is 0 Å². The Bertz CT molecular complexity index is 402. The van der Waals surface area contributed by atoms with Crippen molar-refractivity contribution in [1.29, 1.82) is 0 Å². The third-order valence-corrected chi connectivity index (χ3v) is 3.58. The van der Waals surface area contributed by atoms with E-state index < -0.39 is 10.8 Å². The lowest BCUT2D eigenvalue weighted by molar-refractivity contribution is 0.678. The van der Waals surface area contributed by atoms with Gasteiger partial charge in [0.1, 0.15) is 5.82 Å². The maximum absolute atomic E-state index is 11.0. The third kappa shape index (κ3) is 4.99. The van der Waals surface area contributed by atoms with Gasteiger partial charge in [0.25, 0.3) is 0 Å². The van der Waals surface area contributed by atoms with Crippen LogP contribution in [-0.2, 0) is 10.8 Å². The van der Waals surface area contributed by atoms with Crippen LogP contribution in [0.3, 0.4) is 0 Å². The predicted octanol–water partition coefficient (Wildman–Crippen LogP) is 1.85. The van der Waals surface area contributed by atoms with Crippen molar-refractivity contribution in [2.45, 2.75) is 19.4 Å². The average molecular weight is 321 g/mol. The molecule has 5 nitrogen and oxygen atoms in total. The summed E-state index contributed by atoms with van der Waals surface area (Å²) >= 11 is 3.39. The molecule has 1 aromatic rings. The molecule has 7 heteroatoms. The van der Waals surface area contributed by atoms with Crippen molar-refractivity contribution in [2.24, 2.45) is 0 Å². The largest absolute Gasteiger partial charge is 0.366 e. The second-order valence-corrected chi connectivity index (χ2v) is 6.16. The summed E-state index contributed by atoms with van der Waals surface area (Å²) in [6, 6.07) is 0.217. The predicted molar refractivity (Wildman–Crippen MR) is 75.9 cm³/mol. The molecule has 0 aromatic carbocycles.